The number of rotatable bonds is 5. The lowest BCUT2D eigenvalue weighted by atomic mass is 9.80. The monoisotopic (exact) mass is 284 g/mol. The van der Waals surface area contributed by atoms with Crippen LogP contribution in [0, 0.1) is 6.92 Å². The van der Waals surface area contributed by atoms with Crippen LogP contribution in [-0.4, -0.2) is 11.5 Å². The Kier molecular flexibility index (Phi) is 4.39. The highest BCUT2D eigenvalue weighted by Crippen LogP contribution is 2.40. The summed E-state index contributed by atoms with van der Waals surface area (Å²) >= 11 is 0. The quantitative estimate of drug-likeness (QED) is 0.896. The van der Waals surface area contributed by atoms with Crippen molar-refractivity contribution in [2.24, 2.45) is 0 Å². The van der Waals surface area contributed by atoms with Gasteiger partial charge >= 0.3 is 0 Å². The molecule has 2 aromatic rings. The van der Waals surface area contributed by atoms with Gasteiger partial charge in [0, 0.05) is 17.8 Å². The Morgan fingerprint density at radius 2 is 2.33 bits per heavy atom. The van der Waals surface area contributed by atoms with Gasteiger partial charge in [-0.05, 0) is 62.4 Å². The Labute approximate surface area is 126 Å². The van der Waals surface area contributed by atoms with Gasteiger partial charge in [-0.1, -0.05) is 13.0 Å². The highest BCUT2D eigenvalue weighted by Gasteiger charge is 2.32. The Morgan fingerprint density at radius 1 is 1.43 bits per heavy atom. The summed E-state index contributed by atoms with van der Waals surface area (Å²) in [6.07, 6.45) is 8.39. The van der Waals surface area contributed by atoms with Crippen molar-refractivity contribution in [1.82, 2.24) is 10.3 Å². The van der Waals surface area contributed by atoms with Crippen molar-refractivity contribution in [1.29, 1.82) is 0 Å². The van der Waals surface area contributed by atoms with E-state index in [2.05, 4.69) is 36.3 Å². The lowest BCUT2D eigenvalue weighted by molar-refractivity contribution is 0.335. The third-order valence-electron chi connectivity index (χ3n) is 4.44. The van der Waals surface area contributed by atoms with Crippen LogP contribution < -0.4 is 5.32 Å². The second-order valence-corrected chi connectivity index (χ2v) is 5.95. The van der Waals surface area contributed by atoms with Crippen LogP contribution in [0.5, 0.6) is 0 Å². The molecule has 0 aromatic carbocycles. The maximum atomic E-state index is 5.80. The van der Waals surface area contributed by atoms with Crippen molar-refractivity contribution < 1.29 is 4.42 Å². The number of pyridine rings is 1. The van der Waals surface area contributed by atoms with Crippen LogP contribution >= 0.6 is 0 Å². The predicted molar refractivity (Wildman–Crippen MR) is 84.4 cm³/mol. The third kappa shape index (κ3) is 2.88. The Morgan fingerprint density at radius 3 is 3.10 bits per heavy atom. The minimum absolute atomic E-state index is 0.230. The molecule has 3 heteroatoms. The van der Waals surface area contributed by atoms with Gasteiger partial charge in [0.25, 0.3) is 0 Å². The molecular weight excluding hydrogens is 260 g/mol. The van der Waals surface area contributed by atoms with E-state index in [0.717, 1.165) is 25.1 Å². The zero-order valence-corrected chi connectivity index (χ0v) is 12.9. The molecule has 0 radical (unpaired) electrons. The summed E-state index contributed by atoms with van der Waals surface area (Å²) in [7, 11) is 0. The summed E-state index contributed by atoms with van der Waals surface area (Å²) in [5.74, 6) is 1.48. The van der Waals surface area contributed by atoms with E-state index in [1.807, 2.05) is 12.3 Å². The first-order valence-electron chi connectivity index (χ1n) is 8.02. The Hall–Kier alpha value is -1.61. The molecule has 0 fully saturated rings. The van der Waals surface area contributed by atoms with E-state index in [0.29, 0.717) is 5.92 Å². The first-order valence-corrected chi connectivity index (χ1v) is 8.02. The molecular formula is C18H24N2O. The summed E-state index contributed by atoms with van der Waals surface area (Å²) < 4.78 is 5.80. The van der Waals surface area contributed by atoms with Crippen LogP contribution in [0.3, 0.4) is 0 Å². The average molecular weight is 284 g/mol. The molecule has 0 amide bonds. The molecule has 112 valence electrons. The smallest absolute Gasteiger partial charge is 0.124 e. The van der Waals surface area contributed by atoms with Gasteiger partial charge in [-0.15, -0.1) is 0 Å². The van der Waals surface area contributed by atoms with Crippen LogP contribution in [0.4, 0.5) is 0 Å². The number of nitrogens with one attached hydrogen (secondary N) is 1. The maximum Gasteiger partial charge on any atom is 0.124 e. The first kappa shape index (κ1) is 14.3. The summed E-state index contributed by atoms with van der Waals surface area (Å²) in [4.78, 5) is 4.69. The summed E-state index contributed by atoms with van der Waals surface area (Å²) in [6.45, 7) is 5.33. The molecule has 0 saturated heterocycles. The Balaban J connectivity index is 1.96. The van der Waals surface area contributed by atoms with Gasteiger partial charge in [-0.25, -0.2) is 0 Å². The fraction of sp³-hybridized carbons (Fsp3) is 0.500. The molecule has 21 heavy (non-hydrogen) atoms. The van der Waals surface area contributed by atoms with Crippen molar-refractivity contribution in [3.05, 3.63) is 53.2 Å². The number of hydrogen-bond donors (Lipinski definition) is 1. The second-order valence-electron chi connectivity index (χ2n) is 5.95. The van der Waals surface area contributed by atoms with Gasteiger partial charge in [0.15, 0.2) is 0 Å². The van der Waals surface area contributed by atoms with Crippen molar-refractivity contribution in [2.45, 2.75) is 51.5 Å². The van der Waals surface area contributed by atoms with Crippen LogP contribution in [0.25, 0.3) is 0 Å². The zero-order valence-electron chi connectivity index (χ0n) is 12.9. The first-order chi connectivity index (χ1) is 10.3. The summed E-state index contributed by atoms with van der Waals surface area (Å²) in [6, 6.07) is 6.56. The number of fused-ring (bicyclic) bond motifs is 1. The van der Waals surface area contributed by atoms with Crippen LogP contribution in [0.15, 0.2) is 35.1 Å². The molecule has 0 aliphatic heterocycles. The topological polar surface area (TPSA) is 38.1 Å². The number of furan rings is 1. The van der Waals surface area contributed by atoms with E-state index in [1.165, 1.54) is 29.7 Å². The highest BCUT2D eigenvalue weighted by atomic mass is 16.3. The molecule has 3 nitrogen and oxygen atoms in total. The standard InChI is InChI=1S/C18H24N2O/c1-3-10-19-17(18-13(2)9-12-21-18)15-8-4-6-14-7-5-11-20-16(14)15/h5,7,9,11-12,15,17,19H,3-4,6,8,10H2,1-2H3. The fourth-order valence-electron chi connectivity index (χ4n) is 3.39. The summed E-state index contributed by atoms with van der Waals surface area (Å²) in [5.41, 5.74) is 3.89. The molecule has 2 unspecified atom stereocenters. The Bertz CT molecular complexity index is 590. The molecule has 0 bridgehead atoms. The lowest BCUT2D eigenvalue weighted by Crippen LogP contribution is -2.30. The summed E-state index contributed by atoms with van der Waals surface area (Å²) in [5, 5.41) is 3.69. The molecule has 3 rings (SSSR count). The van der Waals surface area contributed by atoms with E-state index in [-0.39, 0.29) is 6.04 Å². The SMILES string of the molecule is CCCNC(c1occc1C)C1CCCc2cccnc21. The van der Waals surface area contributed by atoms with Crippen molar-refractivity contribution >= 4 is 0 Å². The molecule has 2 aromatic heterocycles. The number of aryl methyl sites for hydroxylation is 2. The molecule has 1 aliphatic carbocycles. The van der Waals surface area contributed by atoms with Gasteiger partial charge in [-0.3, -0.25) is 4.98 Å². The van der Waals surface area contributed by atoms with Crippen molar-refractivity contribution in [2.75, 3.05) is 6.54 Å². The number of aromatic nitrogens is 1. The van der Waals surface area contributed by atoms with Crippen molar-refractivity contribution in [3.63, 3.8) is 0 Å². The van der Waals surface area contributed by atoms with E-state index in [9.17, 15) is 0 Å². The van der Waals surface area contributed by atoms with E-state index in [4.69, 9.17) is 4.42 Å². The van der Waals surface area contributed by atoms with Gasteiger partial charge in [0.05, 0.1) is 12.3 Å². The predicted octanol–water partition coefficient (Wildman–Crippen LogP) is 4.14. The second kappa shape index (κ2) is 6.44. The van der Waals surface area contributed by atoms with Gasteiger partial charge in [0.2, 0.25) is 0 Å². The minimum atomic E-state index is 0.230. The minimum Gasteiger partial charge on any atom is -0.467 e. The maximum absolute atomic E-state index is 5.80. The normalized spacial score (nSPS) is 19.2. The van der Waals surface area contributed by atoms with E-state index < -0.39 is 0 Å². The molecule has 0 saturated carbocycles. The van der Waals surface area contributed by atoms with Gasteiger partial charge in [0.1, 0.15) is 5.76 Å². The van der Waals surface area contributed by atoms with Gasteiger partial charge in [-0.2, -0.15) is 0 Å². The molecule has 1 N–H and O–H groups in total. The largest absolute Gasteiger partial charge is 0.467 e. The fourth-order valence-corrected chi connectivity index (χ4v) is 3.39. The van der Waals surface area contributed by atoms with Crippen LogP contribution in [0.2, 0.25) is 0 Å². The van der Waals surface area contributed by atoms with Crippen LogP contribution in [-0.2, 0) is 6.42 Å². The number of hydrogen-bond acceptors (Lipinski definition) is 3. The van der Waals surface area contributed by atoms with Crippen molar-refractivity contribution in [3.8, 4) is 0 Å². The molecule has 1 aliphatic rings. The molecule has 2 atom stereocenters. The van der Waals surface area contributed by atoms with E-state index in [1.54, 1.807) is 6.26 Å². The number of nitrogens with zero attached hydrogens (tertiary/aromatic N) is 1. The van der Waals surface area contributed by atoms with Gasteiger partial charge < -0.3 is 9.73 Å². The zero-order chi connectivity index (χ0) is 14.7. The van der Waals surface area contributed by atoms with Crippen LogP contribution in [0.1, 0.15) is 60.7 Å². The highest BCUT2D eigenvalue weighted by molar-refractivity contribution is 5.31. The third-order valence-corrected chi connectivity index (χ3v) is 4.44. The molecule has 2 heterocycles. The molecule has 0 spiro atoms. The lowest BCUT2D eigenvalue weighted by Gasteiger charge is -2.31. The average Bonchev–Trinajstić information content (AvgIpc) is 2.94. The van der Waals surface area contributed by atoms with E-state index >= 15 is 0 Å².